The molecule has 0 aromatic rings. The highest BCUT2D eigenvalue weighted by atomic mass is 16.4. The molecule has 0 heterocycles. The standard InChI is InChI=1S/C17H24O4/c1-5-11(15(20)21)12(9-14(18)19)13-8-10-6-7-17(13,4)16(10,2)3/h5,9-11,13H,1,6-8H2,2-4H3,(H,18,19)(H,20,21). The van der Waals surface area contributed by atoms with E-state index in [9.17, 15) is 14.7 Å². The van der Waals surface area contributed by atoms with Gasteiger partial charge in [-0.05, 0) is 47.5 Å². The number of carboxylic acid groups (broad SMARTS) is 2. The zero-order chi connectivity index (χ0) is 16.0. The lowest BCUT2D eigenvalue weighted by atomic mass is 9.63. The van der Waals surface area contributed by atoms with Crippen molar-refractivity contribution in [1.29, 1.82) is 0 Å². The fourth-order valence-corrected chi connectivity index (χ4v) is 4.64. The Morgan fingerprint density at radius 3 is 2.24 bits per heavy atom. The second-order valence-electron chi connectivity index (χ2n) is 7.20. The number of carboxylic acids is 2. The molecule has 4 atom stereocenters. The van der Waals surface area contributed by atoms with Gasteiger partial charge in [-0.2, -0.15) is 0 Å². The number of hydrogen-bond donors (Lipinski definition) is 2. The maximum Gasteiger partial charge on any atom is 0.328 e. The molecule has 2 fully saturated rings. The first-order valence-electron chi connectivity index (χ1n) is 7.45. The second-order valence-corrected chi connectivity index (χ2v) is 7.20. The summed E-state index contributed by atoms with van der Waals surface area (Å²) in [6, 6.07) is 0. The monoisotopic (exact) mass is 292 g/mol. The zero-order valence-corrected chi connectivity index (χ0v) is 12.9. The predicted octanol–water partition coefficient (Wildman–Crippen LogP) is 3.35. The molecule has 0 radical (unpaired) electrons. The Hall–Kier alpha value is -1.58. The first kappa shape index (κ1) is 15.8. The summed E-state index contributed by atoms with van der Waals surface area (Å²) in [5.74, 6) is -2.49. The molecule has 4 nitrogen and oxygen atoms in total. The Balaban J connectivity index is 2.48. The molecule has 2 saturated carbocycles. The fourth-order valence-electron chi connectivity index (χ4n) is 4.64. The van der Waals surface area contributed by atoms with Gasteiger partial charge in [-0.25, -0.2) is 4.79 Å². The molecule has 0 amide bonds. The van der Waals surface area contributed by atoms with Crippen molar-refractivity contribution in [3.8, 4) is 0 Å². The molecule has 2 N–H and O–H groups in total. The minimum absolute atomic E-state index is 0.00134. The summed E-state index contributed by atoms with van der Waals surface area (Å²) in [6.07, 6.45) is 5.49. The van der Waals surface area contributed by atoms with Crippen LogP contribution in [0.15, 0.2) is 24.3 Å². The normalized spacial score (nSPS) is 35.5. The van der Waals surface area contributed by atoms with E-state index in [1.165, 1.54) is 6.08 Å². The van der Waals surface area contributed by atoms with Gasteiger partial charge < -0.3 is 10.2 Å². The highest BCUT2D eigenvalue weighted by molar-refractivity contribution is 5.84. The van der Waals surface area contributed by atoms with Crippen LogP contribution in [0.25, 0.3) is 0 Å². The van der Waals surface area contributed by atoms with Gasteiger partial charge in [-0.15, -0.1) is 6.58 Å². The average Bonchev–Trinajstić information content (AvgIpc) is 2.69. The summed E-state index contributed by atoms with van der Waals surface area (Å²) in [7, 11) is 0. The van der Waals surface area contributed by atoms with Crippen LogP contribution in [0.5, 0.6) is 0 Å². The quantitative estimate of drug-likeness (QED) is 0.602. The van der Waals surface area contributed by atoms with Gasteiger partial charge in [0.05, 0.1) is 5.92 Å². The molecule has 2 aliphatic rings. The lowest BCUT2D eigenvalue weighted by Gasteiger charge is -2.41. The van der Waals surface area contributed by atoms with Crippen molar-refractivity contribution in [3.05, 3.63) is 24.3 Å². The number of fused-ring (bicyclic) bond motifs is 2. The maximum atomic E-state index is 11.5. The summed E-state index contributed by atoms with van der Waals surface area (Å²) in [4.78, 5) is 22.7. The largest absolute Gasteiger partial charge is 0.481 e. The topological polar surface area (TPSA) is 74.6 Å². The summed E-state index contributed by atoms with van der Waals surface area (Å²) < 4.78 is 0. The molecule has 0 aliphatic heterocycles. The van der Waals surface area contributed by atoms with Crippen molar-refractivity contribution < 1.29 is 19.8 Å². The van der Waals surface area contributed by atoms with Crippen LogP contribution >= 0.6 is 0 Å². The van der Waals surface area contributed by atoms with E-state index in [-0.39, 0.29) is 16.7 Å². The van der Waals surface area contributed by atoms with Crippen molar-refractivity contribution in [2.75, 3.05) is 0 Å². The number of rotatable bonds is 5. The summed E-state index contributed by atoms with van der Waals surface area (Å²) in [5.41, 5.74) is 0.567. The Kier molecular flexibility index (Phi) is 3.77. The van der Waals surface area contributed by atoms with Crippen LogP contribution in [0, 0.1) is 28.6 Å². The molecular weight excluding hydrogens is 268 g/mol. The minimum Gasteiger partial charge on any atom is -0.481 e. The minimum atomic E-state index is -1.08. The van der Waals surface area contributed by atoms with Crippen LogP contribution in [-0.2, 0) is 9.59 Å². The number of hydrogen-bond acceptors (Lipinski definition) is 2. The van der Waals surface area contributed by atoms with Gasteiger partial charge in [0.2, 0.25) is 0 Å². The highest BCUT2D eigenvalue weighted by Crippen LogP contribution is 2.70. The van der Waals surface area contributed by atoms with Crippen LogP contribution in [0.2, 0.25) is 0 Å². The first-order valence-corrected chi connectivity index (χ1v) is 7.45. The third-order valence-electron chi connectivity index (χ3n) is 6.35. The zero-order valence-electron chi connectivity index (χ0n) is 12.9. The summed E-state index contributed by atoms with van der Waals surface area (Å²) in [6.45, 7) is 10.2. The third kappa shape index (κ3) is 2.21. The van der Waals surface area contributed by atoms with Crippen LogP contribution in [0.4, 0.5) is 0 Å². The smallest absolute Gasteiger partial charge is 0.328 e. The van der Waals surface area contributed by atoms with Gasteiger partial charge in [0.15, 0.2) is 0 Å². The Bertz CT molecular complexity index is 517. The molecule has 2 rings (SSSR count). The Morgan fingerprint density at radius 1 is 1.29 bits per heavy atom. The molecule has 4 heteroatoms. The van der Waals surface area contributed by atoms with E-state index in [4.69, 9.17) is 5.11 Å². The highest BCUT2D eigenvalue weighted by Gasteiger charge is 2.62. The molecule has 21 heavy (non-hydrogen) atoms. The van der Waals surface area contributed by atoms with Crippen molar-refractivity contribution >= 4 is 11.9 Å². The summed E-state index contributed by atoms with van der Waals surface area (Å²) >= 11 is 0. The SMILES string of the molecule is C=CC(C(=O)O)C(=CC(=O)O)C1CC2CCC1(C)C2(C)C. The van der Waals surface area contributed by atoms with Crippen LogP contribution < -0.4 is 0 Å². The van der Waals surface area contributed by atoms with Crippen LogP contribution in [0.3, 0.4) is 0 Å². The lowest BCUT2D eigenvalue weighted by molar-refractivity contribution is -0.139. The van der Waals surface area contributed by atoms with Crippen molar-refractivity contribution in [3.63, 3.8) is 0 Å². The Morgan fingerprint density at radius 2 is 1.90 bits per heavy atom. The second kappa shape index (κ2) is 5.00. The van der Waals surface area contributed by atoms with Crippen molar-refractivity contribution in [1.82, 2.24) is 0 Å². The van der Waals surface area contributed by atoms with Gasteiger partial charge >= 0.3 is 11.9 Å². The lowest BCUT2D eigenvalue weighted by Crippen LogP contribution is -2.35. The Labute approximate surface area is 125 Å². The van der Waals surface area contributed by atoms with E-state index in [0.29, 0.717) is 11.5 Å². The van der Waals surface area contributed by atoms with E-state index >= 15 is 0 Å². The molecule has 2 aliphatic carbocycles. The molecule has 4 unspecified atom stereocenters. The van der Waals surface area contributed by atoms with Gasteiger partial charge in [-0.1, -0.05) is 26.8 Å². The van der Waals surface area contributed by atoms with E-state index in [0.717, 1.165) is 25.3 Å². The molecule has 0 aromatic heterocycles. The van der Waals surface area contributed by atoms with Crippen LogP contribution in [0.1, 0.15) is 40.0 Å². The predicted molar refractivity (Wildman–Crippen MR) is 79.8 cm³/mol. The van der Waals surface area contributed by atoms with Gasteiger partial charge in [-0.3, -0.25) is 4.79 Å². The molecule has 0 saturated heterocycles. The van der Waals surface area contributed by atoms with Gasteiger partial charge in [0.25, 0.3) is 0 Å². The summed E-state index contributed by atoms with van der Waals surface area (Å²) in [5, 5.41) is 18.5. The molecule has 0 aromatic carbocycles. The van der Waals surface area contributed by atoms with E-state index < -0.39 is 17.9 Å². The number of aliphatic carboxylic acids is 2. The van der Waals surface area contributed by atoms with Crippen molar-refractivity contribution in [2.45, 2.75) is 40.0 Å². The molecule has 0 spiro atoms. The maximum absolute atomic E-state index is 11.5. The molecular formula is C17H24O4. The fraction of sp³-hybridized carbons (Fsp3) is 0.647. The van der Waals surface area contributed by atoms with Crippen LogP contribution in [-0.4, -0.2) is 22.2 Å². The molecule has 2 bridgehead atoms. The van der Waals surface area contributed by atoms with E-state index in [1.807, 2.05) is 0 Å². The number of carbonyl (C=O) groups is 2. The average molecular weight is 292 g/mol. The van der Waals surface area contributed by atoms with Crippen molar-refractivity contribution in [2.24, 2.45) is 28.6 Å². The van der Waals surface area contributed by atoms with Gasteiger partial charge in [0.1, 0.15) is 0 Å². The van der Waals surface area contributed by atoms with E-state index in [2.05, 4.69) is 27.4 Å². The first-order chi connectivity index (χ1) is 9.65. The molecule has 116 valence electrons. The van der Waals surface area contributed by atoms with E-state index in [1.54, 1.807) is 0 Å². The third-order valence-corrected chi connectivity index (χ3v) is 6.35. The van der Waals surface area contributed by atoms with Gasteiger partial charge in [0, 0.05) is 6.08 Å².